The van der Waals surface area contributed by atoms with Crippen molar-refractivity contribution in [1.82, 2.24) is 5.32 Å². The molecule has 20 heavy (non-hydrogen) atoms. The van der Waals surface area contributed by atoms with Crippen molar-refractivity contribution in [1.29, 1.82) is 0 Å². The van der Waals surface area contributed by atoms with Crippen molar-refractivity contribution < 1.29 is 23.1 Å². The molecule has 0 fully saturated rings. The summed E-state index contributed by atoms with van der Waals surface area (Å²) in [4.78, 5) is 22.1. The van der Waals surface area contributed by atoms with Crippen LogP contribution in [0.4, 0.5) is 0 Å². The molecule has 2 N–H and O–H groups in total. The number of carboxylic acids is 1. The van der Waals surface area contributed by atoms with Gasteiger partial charge in [-0.2, -0.15) is 0 Å². The highest BCUT2D eigenvalue weighted by molar-refractivity contribution is 7.99. The average Bonchev–Trinajstić information content (AvgIpc) is 2.37. The molecule has 0 unspecified atom stereocenters. The van der Waals surface area contributed by atoms with Crippen LogP contribution in [0.5, 0.6) is 0 Å². The van der Waals surface area contributed by atoms with Gasteiger partial charge in [-0.3, -0.25) is 9.59 Å². The number of amides is 1. The van der Waals surface area contributed by atoms with Gasteiger partial charge in [0.25, 0.3) is 5.91 Å². The Hall–Kier alpha value is -1.54. The van der Waals surface area contributed by atoms with Crippen LogP contribution < -0.4 is 5.32 Å². The van der Waals surface area contributed by atoms with Gasteiger partial charge in [0.15, 0.2) is 9.84 Å². The summed E-state index contributed by atoms with van der Waals surface area (Å²) in [5.41, 5.74) is 0.362. The molecule has 0 heterocycles. The number of sulfone groups is 1. The van der Waals surface area contributed by atoms with Crippen LogP contribution in [0.15, 0.2) is 29.2 Å². The van der Waals surface area contributed by atoms with Gasteiger partial charge in [-0.05, 0) is 24.3 Å². The minimum absolute atomic E-state index is 0.00106. The van der Waals surface area contributed by atoms with E-state index < -0.39 is 15.8 Å². The molecular formula is C12H15NO5S2. The zero-order chi connectivity index (χ0) is 15.2. The van der Waals surface area contributed by atoms with Crippen LogP contribution in [-0.4, -0.2) is 49.7 Å². The van der Waals surface area contributed by atoms with Gasteiger partial charge >= 0.3 is 5.97 Å². The maximum Gasteiger partial charge on any atom is 0.313 e. The highest BCUT2D eigenvalue weighted by Crippen LogP contribution is 2.10. The molecule has 0 bridgehead atoms. The number of rotatable bonds is 7. The fourth-order valence-corrected chi connectivity index (χ4v) is 2.55. The normalized spacial score (nSPS) is 11.1. The Morgan fingerprint density at radius 3 is 2.35 bits per heavy atom. The zero-order valence-corrected chi connectivity index (χ0v) is 12.5. The van der Waals surface area contributed by atoms with Gasteiger partial charge < -0.3 is 10.4 Å². The number of carbonyl (C=O) groups excluding carboxylic acids is 1. The van der Waals surface area contributed by atoms with Crippen LogP contribution in [0.1, 0.15) is 10.4 Å². The van der Waals surface area contributed by atoms with Crippen LogP contribution in [0.25, 0.3) is 0 Å². The van der Waals surface area contributed by atoms with Gasteiger partial charge in [-0.15, -0.1) is 11.8 Å². The molecule has 0 aromatic heterocycles. The third kappa shape index (κ3) is 5.62. The third-order valence-corrected chi connectivity index (χ3v) is 4.37. The van der Waals surface area contributed by atoms with Gasteiger partial charge in [-0.25, -0.2) is 8.42 Å². The summed E-state index contributed by atoms with van der Waals surface area (Å²) in [6.45, 7) is 0.352. The average molecular weight is 317 g/mol. The van der Waals surface area contributed by atoms with E-state index in [1.807, 2.05) is 0 Å². The smallest absolute Gasteiger partial charge is 0.313 e. The first kappa shape index (κ1) is 16.5. The van der Waals surface area contributed by atoms with Crippen molar-refractivity contribution in [3.05, 3.63) is 29.8 Å². The van der Waals surface area contributed by atoms with Gasteiger partial charge in [0.2, 0.25) is 0 Å². The summed E-state index contributed by atoms with van der Waals surface area (Å²) in [6, 6.07) is 5.64. The van der Waals surface area contributed by atoms with E-state index in [9.17, 15) is 18.0 Å². The van der Waals surface area contributed by atoms with E-state index in [4.69, 9.17) is 5.11 Å². The molecule has 1 aromatic rings. The molecule has 6 nitrogen and oxygen atoms in total. The number of thioether (sulfide) groups is 1. The van der Waals surface area contributed by atoms with Crippen LogP contribution in [0, 0.1) is 0 Å². The fraction of sp³-hybridized carbons (Fsp3) is 0.333. The molecule has 0 aliphatic carbocycles. The lowest BCUT2D eigenvalue weighted by Gasteiger charge is -2.05. The van der Waals surface area contributed by atoms with Crippen molar-refractivity contribution in [2.45, 2.75) is 4.90 Å². The number of hydrogen-bond acceptors (Lipinski definition) is 5. The molecule has 0 saturated carbocycles. The van der Waals surface area contributed by atoms with E-state index in [0.717, 1.165) is 6.26 Å². The summed E-state index contributed by atoms with van der Waals surface area (Å²) in [5, 5.41) is 11.1. The highest BCUT2D eigenvalue weighted by Gasteiger charge is 2.09. The van der Waals surface area contributed by atoms with Crippen molar-refractivity contribution in [3.63, 3.8) is 0 Å². The van der Waals surface area contributed by atoms with E-state index in [-0.39, 0.29) is 16.6 Å². The predicted octanol–water partition coefficient (Wildman–Crippen LogP) is 0.638. The highest BCUT2D eigenvalue weighted by atomic mass is 32.2. The Labute approximate surface area is 121 Å². The molecule has 1 rings (SSSR count). The minimum atomic E-state index is -3.27. The zero-order valence-electron chi connectivity index (χ0n) is 10.8. The van der Waals surface area contributed by atoms with Crippen molar-refractivity contribution >= 4 is 33.5 Å². The number of carbonyl (C=O) groups is 2. The standard InChI is InChI=1S/C12H15NO5S2/c1-20(17,18)10-4-2-9(3-5-10)12(16)13-6-7-19-8-11(14)15/h2-5H,6-8H2,1H3,(H,13,16)(H,14,15). The first-order chi connectivity index (χ1) is 9.30. The number of carboxylic acid groups (broad SMARTS) is 1. The molecule has 0 saturated heterocycles. The van der Waals surface area contributed by atoms with Crippen LogP contribution >= 0.6 is 11.8 Å². The Kier molecular flexibility index (Phi) is 6.03. The Bertz CT molecular complexity index is 580. The molecule has 8 heteroatoms. The Morgan fingerprint density at radius 2 is 1.85 bits per heavy atom. The minimum Gasteiger partial charge on any atom is -0.481 e. The first-order valence-corrected chi connectivity index (χ1v) is 8.73. The van der Waals surface area contributed by atoms with E-state index >= 15 is 0 Å². The molecule has 0 radical (unpaired) electrons. The molecule has 1 amide bonds. The third-order valence-electron chi connectivity index (χ3n) is 2.30. The molecule has 0 atom stereocenters. The second-order valence-corrected chi connectivity index (χ2v) is 7.12. The number of nitrogens with one attached hydrogen (secondary N) is 1. The van der Waals surface area contributed by atoms with Gasteiger partial charge in [0.1, 0.15) is 0 Å². The summed E-state index contributed by atoms with van der Waals surface area (Å²) in [6.07, 6.45) is 1.10. The summed E-state index contributed by atoms with van der Waals surface area (Å²) >= 11 is 1.21. The van der Waals surface area contributed by atoms with Crippen molar-refractivity contribution in [2.75, 3.05) is 24.3 Å². The fourth-order valence-electron chi connectivity index (χ4n) is 1.35. The van der Waals surface area contributed by atoms with Crippen LogP contribution in [0.3, 0.4) is 0 Å². The van der Waals surface area contributed by atoms with Crippen molar-refractivity contribution in [2.24, 2.45) is 0 Å². The van der Waals surface area contributed by atoms with Gasteiger partial charge in [-0.1, -0.05) is 0 Å². The molecule has 110 valence electrons. The molecule has 1 aromatic carbocycles. The van der Waals surface area contributed by atoms with E-state index in [0.29, 0.717) is 17.9 Å². The Morgan fingerprint density at radius 1 is 1.25 bits per heavy atom. The SMILES string of the molecule is CS(=O)(=O)c1ccc(C(=O)NCCSCC(=O)O)cc1. The molecule has 0 aliphatic rings. The van der Waals surface area contributed by atoms with E-state index in [1.165, 1.54) is 36.0 Å². The number of benzene rings is 1. The number of aliphatic carboxylic acids is 1. The van der Waals surface area contributed by atoms with Crippen molar-refractivity contribution in [3.8, 4) is 0 Å². The van der Waals surface area contributed by atoms with Crippen LogP contribution in [-0.2, 0) is 14.6 Å². The Balaban J connectivity index is 2.46. The lowest BCUT2D eigenvalue weighted by molar-refractivity contribution is -0.133. The monoisotopic (exact) mass is 317 g/mol. The summed E-state index contributed by atoms with van der Waals surface area (Å²) in [5.74, 6) is -0.711. The molecular weight excluding hydrogens is 302 g/mol. The van der Waals surface area contributed by atoms with E-state index in [2.05, 4.69) is 5.32 Å². The largest absolute Gasteiger partial charge is 0.481 e. The topological polar surface area (TPSA) is 101 Å². The summed E-state index contributed by atoms with van der Waals surface area (Å²) in [7, 11) is -3.27. The van der Waals surface area contributed by atoms with Crippen LogP contribution in [0.2, 0.25) is 0 Å². The first-order valence-electron chi connectivity index (χ1n) is 5.68. The second-order valence-electron chi connectivity index (χ2n) is 4.00. The quantitative estimate of drug-likeness (QED) is 0.716. The molecule has 0 aliphatic heterocycles. The predicted molar refractivity (Wildman–Crippen MR) is 76.8 cm³/mol. The van der Waals surface area contributed by atoms with Gasteiger partial charge in [0, 0.05) is 24.1 Å². The van der Waals surface area contributed by atoms with Gasteiger partial charge in [0.05, 0.1) is 10.6 Å². The second kappa shape index (κ2) is 7.30. The lowest BCUT2D eigenvalue weighted by Crippen LogP contribution is -2.26. The maximum absolute atomic E-state index is 11.7. The van der Waals surface area contributed by atoms with E-state index in [1.54, 1.807) is 0 Å². The lowest BCUT2D eigenvalue weighted by atomic mass is 10.2. The molecule has 0 spiro atoms. The number of hydrogen-bond donors (Lipinski definition) is 2. The maximum atomic E-state index is 11.7. The summed E-state index contributed by atoms with van der Waals surface area (Å²) < 4.78 is 22.5.